The number of likely N-dealkylation sites (N-methyl/N-ethyl adjacent to an activating group) is 1. The number of nitrogens with one attached hydrogen (secondary N) is 5. The Balaban J connectivity index is 1.13. The zero-order valence-electron chi connectivity index (χ0n) is 29.0. The predicted octanol–water partition coefficient (Wildman–Crippen LogP) is 4.87. The van der Waals surface area contributed by atoms with Crippen LogP contribution in [0, 0.1) is 5.92 Å². The summed E-state index contributed by atoms with van der Waals surface area (Å²) in [5.41, 5.74) is 6.41. The van der Waals surface area contributed by atoms with Crippen LogP contribution in [-0.2, 0) is 20.7 Å². The van der Waals surface area contributed by atoms with Crippen molar-refractivity contribution in [3.63, 3.8) is 0 Å². The van der Waals surface area contributed by atoms with Crippen LogP contribution in [0.1, 0.15) is 57.2 Å². The maximum Gasteiger partial charge on any atom is 0.407 e. The minimum atomic E-state index is -0.680. The van der Waals surface area contributed by atoms with Crippen LogP contribution in [0.3, 0.4) is 0 Å². The third kappa shape index (κ3) is 7.78. The lowest BCUT2D eigenvalue weighted by Crippen LogP contribution is -2.51. The molecule has 0 spiro atoms. The summed E-state index contributed by atoms with van der Waals surface area (Å²) in [6.45, 7) is 5.40. The number of hydrogen-bond acceptors (Lipinski definition) is 8. The number of amides is 3. The van der Waals surface area contributed by atoms with Gasteiger partial charge in [0.2, 0.25) is 11.8 Å². The highest BCUT2D eigenvalue weighted by Crippen LogP contribution is 2.34. The number of H-pyrrole nitrogens is 2. The standard InChI is InChI=1S/C37H45N9O4/c1-22(2)34(45-37(49)50-4)36(48)46-17-7-8-31(46)35-43-27-14-11-24(19-29(27)44-35)23-10-13-26-25(18-23)12-15-28(41-26)30-20-40-32(42-30)9-5-6-16-39-33(47)21-38-3/h10-15,18-20,22,31,34,38H,5-9,16-17,21H2,1-4H3,(H,39,47)(H,40,42)(H,43,44)(H,45,49). The van der Waals surface area contributed by atoms with Crippen LogP contribution >= 0.6 is 0 Å². The first-order valence-electron chi connectivity index (χ1n) is 17.3. The first-order valence-corrected chi connectivity index (χ1v) is 17.3. The summed E-state index contributed by atoms with van der Waals surface area (Å²) in [6, 6.07) is 15.6. The molecule has 2 aromatic carbocycles. The van der Waals surface area contributed by atoms with Crippen molar-refractivity contribution >= 4 is 39.8 Å². The average Bonchev–Trinajstić information content (AvgIpc) is 3.89. The summed E-state index contributed by atoms with van der Waals surface area (Å²) in [7, 11) is 3.05. The lowest BCUT2D eigenvalue weighted by Gasteiger charge is -2.29. The first kappa shape index (κ1) is 34.6. The van der Waals surface area contributed by atoms with Crippen molar-refractivity contribution in [2.45, 2.75) is 58.0 Å². The van der Waals surface area contributed by atoms with E-state index in [0.717, 1.165) is 88.2 Å². The Hall–Kier alpha value is -5.30. The van der Waals surface area contributed by atoms with E-state index in [-0.39, 0.29) is 23.8 Å². The number of aromatic amines is 2. The van der Waals surface area contributed by atoms with Crippen LogP contribution in [0.15, 0.2) is 54.7 Å². The Morgan fingerprint density at radius 2 is 1.80 bits per heavy atom. The van der Waals surface area contributed by atoms with E-state index in [0.29, 0.717) is 19.6 Å². The number of nitrogens with zero attached hydrogens (tertiary/aromatic N) is 4. The lowest BCUT2D eigenvalue weighted by molar-refractivity contribution is -0.135. The number of pyridine rings is 1. The second kappa shape index (κ2) is 15.5. The maximum atomic E-state index is 13.6. The molecule has 0 radical (unpaired) electrons. The van der Waals surface area contributed by atoms with Gasteiger partial charge in [0.15, 0.2) is 0 Å². The number of likely N-dealkylation sites (tertiary alicyclic amines) is 1. The van der Waals surface area contributed by atoms with Crippen molar-refractivity contribution in [3.05, 3.63) is 66.4 Å². The lowest BCUT2D eigenvalue weighted by atomic mass is 10.0. The molecule has 0 bridgehead atoms. The fraction of sp³-hybridized carbons (Fsp3) is 0.405. The zero-order valence-corrected chi connectivity index (χ0v) is 29.0. The molecule has 5 N–H and O–H groups in total. The molecule has 0 saturated carbocycles. The van der Waals surface area contributed by atoms with Gasteiger partial charge in [-0.2, -0.15) is 0 Å². The number of alkyl carbamates (subject to hydrolysis) is 1. The molecule has 13 heteroatoms. The van der Waals surface area contributed by atoms with E-state index in [4.69, 9.17) is 14.7 Å². The minimum absolute atomic E-state index is 0.00538. The number of carbonyl (C=O) groups excluding carboxylic acids is 3. The van der Waals surface area contributed by atoms with Crippen molar-refractivity contribution in [2.75, 3.05) is 33.8 Å². The van der Waals surface area contributed by atoms with Gasteiger partial charge in [-0.1, -0.05) is 32.0 Å². The van der Waals surface area contributed by atoms with E-state index in [1.54, 1.807) is 7.05 Å². The van der Waals surface area contributed by atoms with Crippen LogP contribution in [0.5, 0.6) is 0 Å². The highest BCUT2D eigenvalue weighted by atomic mass is 16.5. The Kier molecular flexibility index (Phi) is 10.7. The SMILES string of the molecule is CNCC(=O)NCCCCc1ncc(-c2ccc3cc(-c4ccc5nc(C6CCCN6C(=O)C(NC(=O)OC)C(C)C)[nH]c5c4)ccc3n2)[nH]1. The molecule has 3 aromatic heterocycles. The highest BCUT2D eigenvalue weighted by molar-refractivity contribution is 5.89. The largest absolute Gasteiger partial charge is 0.453 e. The summed E-state index contributed by atoms with van der Waals surface area (Å²) in [6.07, 6.45) is 5.45. The number of unbranched alkanes of at least 4 members (excludes halogenated alkanes) is 1. The molecule has 2 unspecified atom stereocenters. The van der Waals surface area contributed by atoms with Gasteiger partial charge in [0, 0.05) is 24.9 Å². The number of aryl methyl sites for hydroxylation is 1. The number of rotatable bonds is 13. The number of hydrogen-bond donors (Lipinski definition) is 5. The van der Waals surface area contributed by atoms with E-state index in [9.17, 15) is 14.4 Å². The molecule has 2 atom stereocenters. The van der Waals surface area contributed by atoms with Gasteiger partial charge in [-0.3, -0.25) is 9.59 Å². The fourth-order valence-electron chi connectivity index (χ4n) is 6.50. The number of imidazole rings is 2. The van der Waals surface area contributed by atoms with Gasteiger partial charge in [0.05, 0.1) is 53.8 Å². The molecule has 262 valence electrons. The third-order valence-electron chi connectivity index (χ3n) is 9.17. The molecular weight excluding hydrogens is 634 g/mol. The van der Waals surface area contributed by atoms with Gasteiger partial charge in [0.25, 0.3) is 0 Å². The Labute approximate surface area is 291 Å². The van der Waals surface area contributed by atoms with Crippen LogP contribution in [-0.4, -0.2) is 87.6 Å². The molecule has 6 rings (SSSR count). The number of methoxy groups -OCH3 is 1. The van der Waals surface area contributed by atoms with Crippen LogP contribution in [0.25, 0.3) is 44.5 Å². The third-order valence-corrected chi connectivity index (χ3v) is 9.17. The van der Waals surface area contributed by atoms with Crippen molar-refractivity contribution < 1.29 is 19.1 Å². The van der Waals surface area contributed by atoms with Gasteiger partial charge >= 0.3 is 6.09 Å². The molecule has 13 nitrogen and oxygen atoms in total. The minimum Gasteiger partial charge on any atom is -0.453 e. The number of aromatic nitrogens is 5. The molecule has 1 aliphatic rings. The van der Waals surface area contributed by atoms with Gasteiger partial charge in [0.1, 0.15) is 17.7 Å². The smallest absolute Gasteiger partial charge is 0.407 e. The van der Waals surface area contributed by atoms with Gasteiger partial charge in [-0.25, -0.2) is 19.7 Å². The Morgan fingerprint density at radius 1 is 1.00 bits per heavy atom. The summed E-state index contributed by atoms with van der Waals surface area (Å²) >= 11 is 0. The van der Waals surface area contributed by atoms with Crippen molar-refractivity contribution in [1.29, 1.82) is 0 Å². The quantitative estimate of drug-likeness (QED) is 0.110. The fourth-order valence-corrected chi connectivity index (χ4v) is 6.50. The van der Waals surface area contributed by atoms with E-state index < -0.39 is 12.1 Å². The van der Waals surface area contributed by atoms with Crippen LogP contribution in [0.2, 0.25) is 0 Å². The summed E-state index contributed by atoms with van der Waals surface area (Å²) in [4.78, 5) is 60.1. The Morgan fingerprint density at radius 3 is 2.58 bits per heavy atom. The Bertz CT molecular complexity index is 1980. The summed E-state index contributed by atoms with van der Waals surface area (Å²) in [5.74, 6) is 1.42. The predicted molar refractivity (Wildman–Crippen MR) is 192 cm³/mol. The average molecular weight is 680 g/mol. The van der Waals surface area contributed by atoms with Crippen LogP contribution < -0.4 is 16.0 Å². The maximum absolute atomic E-state index is 13.6. The van der Waals surface area contributed by atoms with Crippen molar-refractivity contribution in [1.82, 2.24) is 45.8 Å². The molecule has 3 amide bonds. The monoisotopic (exact) mass is 679 g/mol. The second-order valence-electron chi connectivity index (χ2n) is 13.1. The second-order valence-corrected chi connectivity index (χ2v) is 13.1. The molecule has 1 fully saturated rings. The number of ether oxygens (including phenoxy) is 1. The normalized spacial score (nSPS) is 15.1. The summed E-state index contributed by atoms with van der Waals surface area (Å²) < 4.78 is 4.76. The number of carbonyl (C=O) groups is 3. The van der Waals surface area contributed by atoms with Gasteiger partial charge in [-0.15, -0.1) is 0 Å². The highest BCUT2D eigenvalue weighted by Gasteiger charge is 2.37. The molecular formula is C37H45N9O4. The van der Waals surface area contributed by atoms with E-state index >= 15 is 0 Å². The molecule has 5 aromatic rings. The van der Waals surface area contributed by atoms with E-state index in [1.807, 2.05) is 43.1 Å². The van der Waals surface area contributed by atoms with Crippen LogP contribution in [0.4, 0.5) is 4.79 Å². The number of benzene rings is 2. The van der Waals surface area contributed by atoms with Crippen molar-refractivity contribution in [3.8, 4) is 22.5 Å². The molecule has 4 heterocycles. The van der Waals surface area contributed by atoms with E-state index in [1.165, 1.54) is 7.11 Å². The van der Waals surface area contributed by atoms with Crippen molar-refractivity contribution in [2.24, 2.45) is 5.92 Å². The molecule has 1 aliphatic heterocycles. The van der Waals surface area contributed by atoms with Gasteiger partial charge < -0.3 is 35.6 Å². The first-order chi connectivity index (χ1) is 24.2. The number of fused-ring (bicyclic) bond motifs is 2. The molecule has 50 heavy (non-hydrogen) atoms. The van der Waals surface area contributed by atoms with Gasteiger partial charge in [-0.05, 0) is 80.1 Å². The summed E-state index contributed by atoms with van der Waals surface area (Å²) in [5, 5.41) is 9.47. The zero-order chi connectivity index (χ0) is 35.2. The topological polar surface area (TPSA) is 170 Å². The molecule has 0 aliphatic carbocycles. The molecule has 1 saturated heterocycles. The van der Waals surface area contributed by atoms with E-state index in [2.05, 4.69) is 61.2 Å².